The lowest BCUT2D eigenvalue weighted by Gasteiger charge is -2.13. The van der Waals surface area contributed by atoms with Gasteiger partial charge in [-0.15, -0.1) is 0 Å². The Labute approximate surface area is 79.9 Å². The van der Waals surface area contributed by atoms with Crippen LogP contribution in [-0.2, 0) is 4.74 Å². The number of hydrogen-bond acceptors (Lipinski definition) is 2. The van der Waals surface area contributed by atoms with Gasteiger partial charge in [-0.25, -0.2) is 0 Å². The van der Waals surface area contributed by atoms with Crippen molar-refractivity contribution in [2.24, 2.45) is 0 Å². The van der Waals surface area contributed by atoms with Gasteiger partial charge in [0, 0.05) is 6.61 Å². The Hall–Kier alpha value is -0.760. The fourth-order valence-corrected chi connectivity index (χ4v) is 1.37. The first-order chi connectivity index (χ1) is 6.38. The van der Waals surface area contributed by atoms with Crippen LogP contribution in [0.1, 0.15) is 45.0 Å². The van der Waals surface area contributed by atoms with Crippen LogP contribution in [0.4, 0.5) is 0 Å². The largest absolute Gasteiger partial charge is 0.467 e. The molecule has 0 aliphatic heterocycles. The van der Waals surface area contributed by atoms with E-state index in [1.807, 2.05) is 19.1 Å². The molecule has 0 radical (unpaired) electrons. The second-order valence-corrected chi connectivity index (χ2v) is 3.10. The Morgan fingerprint density at radius 3 is 2.85 bits per heavy atom. The lowest BCUT2D eigenvalue weighted by molar-refractivity contribution is 0.0391. The van der Waals surface area contributed by atoms with Gasteiger partial charge in [0.25, 0.3) is 0 Å². The Bertz CT molecular complexity index is 204. The van der Waals surface area contributed by atoms with E-state index in [-0.39, 0.29) is 6.10 Å². The fraction of sp³-hybridized carbons (Fsp3) is 0.636. The van der Waals surface area contributed by atoms with Crippen LogP contribution in [0, 0.1) is 0 Å². The maximum atomic E-state index is 5.59. The Kier molecular flexibility index (Phi) is 4.61. The quantitative estimate of drug-likeness (QED) is 0.671. The third-order valence-electron chi connectivity index (χ3n) is 2.05. The molecule has 74 valence electrons. The highest BCUT2D eigenvalue weighted by atomic mass is 16.5. The monoisotopic (exact) mass is 182 g/mol. The van der Waals surface area contributed by atoms with Crippen LogP contribution in [-0.4, -0.2) is 6.61 Å². The molecule has 0 aliphatic carbocycles. The van der Waals surface area contributed by atoms with Gasteiger partial charge in [-0.05, 0) is 25.5 Å². The molecule has 0 N–H and O–H groups in total. The maximum absolute atomic E-state index is 5.59. The average Bonchev–Trinajstić information content (AvgIpc) is 2.65. The summed E-state index contributed by atoms with van der Waals surface area (Å²) >= 11 is 0. The normalized spacial score (nSPS) is 13.1. The Morgan fingerprint density at radius 1 is 1.46 bits per heavy atom. The summed E-state index contributed by atoms with van der Waals surface area (Å²) in [4.78, 5) is 0. The maximum Gasteiger partial charge on any atom is 0.132 e. The third-order valence-corrected chi connectivity index (χ3v) is 2.05. The Balaban J connectivity index is 2.47. The van der Waals surface area contributed by atoms with Crippen molar-refractivity contribution in [2.75, 3.05) is 6.61 Å². The molecular weight excluding hydrogens is 164 g/mol. The minimum Gasteiger partial charge on any atom is -0.467 e. The van der Waals surface area contributed by atoms with E-state index in [0.29, 0.717) is 0 Å². The minimum absolute atomic E-state index is 0.153. The third kappa shape index (κ3) is 3.23. The van der Waals surface area contributed by atoms with Crippen molar-refractivity contribution in [3.8, 4) is 0 Å². The molecule has 0 fully saturated rings. The fourth-order valence-electron chi connectivity index (χ4n) is 1.37. The van der Waals surface area contributed by atoms with Crippen LogP contribution >= 0.6 is 0 Å². The molecule has 0 amide bonds. The molecular formula is C11H18O2. The highest BCUT2D eigenvalue weighted by Gasteiger charge is 2.12. The van der Waals surface area contributed by atoms with Gasteiger partial charge in [0.05, 0.1) is 6.26 Å². The minimum atomic E-state index is 0.153. The molecule has 1 aromatic rings. The van der Waals surface area contributed by atoms with Gasteiger partial charge in [0.1, 0.15) is 11.9 Å². The molecule has 1 heterocycles. The summed E-state index contributed by atoms with van der Waals surface area (Å²) < 4.78 is 10.9. The van der Waals surface area contributed by atoms with Crippen molar-refractivity contribution < 1.29 is 9.15 Å². The Morgan fingerprint density at radius 2 is 2.31 bits per heavy atom. The van der Waals surface area contributed by atoms with E-state index in [1.165, 1.54) is 12.8 Å². The summed E-state index contributed by atoms with van der Waals surface area (Å²) in [5.41, 5.74) is 0. The number of ether oxygens (including phenoxy) is 1. The number of furan rings is 1. The van der Waals surface area contributed by atoms with Gasteiger partial charge in [-0.3, -0.25) is 0 Å². The molecule has 0 aliphatic rings. The number of hydrogen-bond donors (Lipinski definition) is 0. The topological polar surface area (TPSA) is 22.4 Å². The van der Waals surface area contributed by atoms with Crippen molar-refractivity contribution in [1.29, 1.82) is 0 Å². The molecule has 0 bridgehead atoms. The van der Waals surface area contributed by atoms with E-state index in [2.05, 4.69) is 6.92 Å². The van der Waals surface area contributed by atoms with Gasteiger partial charge >= 0.3 is 0 Å². The summed E-state index contributed by atoms with van der Waals surface area (Å²) in [7, 11) is 0. The van der Waals surface area contributed by atoms with Crippen LogP contribution in [0.5, 0.6) is 0 Å². The summed E-state index contributed by atoms with van der Waals surface area (Å²) in [6, 6.07) is 3.89. The number of rotatable bonds is 6. The summed E-state index contributed by atoms with van der Waals surface area (Å²) in [6.45, 7) is 4.95. The van der Waals surface area contributed by atoms with E-state index >= 15 is 0 Å². The predicted molar refractivity (Wildman–Crippen MR) is 52.6 cm³/mol. The van der Waals surface area contributed by atoms with Gasteiger partial charge in [0.15, 0.2) is 0 Å². The first-order valence-electron chi connectivity index (χ1n) is 5.03. The van der Waals surface area contributed by atoms with Crippen LogP contribution in [0.15, 0.2) is 22.8 Å². The van der Waals surface area contributed by atoms with E-state index in [4.69, 9.17) is 9.15 Å². The van der Waals surface area contributed by atoms with Gasteiger partial charge in [-0.2, -0.15) is 0 Å². The average molecular weight is 182 g/mol. The van der Waals surface area contributed by atoms with E-state index in [0.717, 1.165) is 18.8 Å². The van der Waals surface area contributed by atoms with E-state index < -0.39 is 0 Å². The predicted octanol–water partition coefficient (Wildman–Crippen LogP) is 3.55. The van der Waals surface area contributed by atoms with Crippen molar-refractivity contribution in [3.63, 3.8) is 0 Å². The SMILES string of the molecule is CCCCC(OCC)c1ccco1. The molecule has 0 saturated carbocycles. The highest BCUT2D eigenvalue weighted by molar-refractivity contribution is 5.02. The molecule has 1 rings (SSSR count). The first-order valence-corrected chi connectivity index (χ1v) is 5.03. The summed E-state index contributed by atoms with van der Waals surface area (Å²) in [6.07, 6.45) is 5.29. The van der Waals surface area contributed by atoms with Gasteiger partial charge in [0.2, 0.25) is 0 Å². The lowest BCUT2D eigenvalue weighted by atomic mass is 10.1. The highest BCUT2D eigenvalue weighted by Crippen LogP contribution is 2.23. The van der Waals surface area contributed by atoms with Crippen LogP contribution in [0.2, 0.25) is 0 Å². The molecule has 1 aromatic heterocycles. The number of unbranched alkanes of at least 4 members (excludes halogenated alkanes) is 1. The molecule has 2 nitrogen and oxygen atoms in total. The molecule has 0 spiro atoms. The van der Waals surface area contributed by atoms with Crippen LogP contribution in [0.25, 0.3) is 0 Å². The van der Waals surface area contributed by atoms with Crippen LogP contribution < -0.4 is 0 Å². The van der Waals surface area contributed by atoms with Crippen molar-refractivity contribution in [3.05, 3.63) is 24.2 Å². The van der Waals surface area contributed by atoms with Crippen molar-refractivity contribution in [2.45, 2.75) is 39.2 Å². The standard InChI is InChI=1S/C11H18O2/c1-3-5-7-10(12-4-2)11-8-6-9-13-11/h6,8-10H,3-5,7H2,1-2H3. The van der Waals surface area contributed by atoms with Crippen molar-refractivity contribution in [1.82, 2.24) is 0 Å². The summed E-state index contributed by atoms with van der Waals surface area (Å²) in [5, 5.41) is 0. The zero-order chi connectivity index (χ0) is 9.52. The molecule has 13 heavy (non-hydrogen) atoms. The van der Waals surface area contributed by atoms with Crippen molar-refractivity contribution >= 4 is 0 Å². The van der Waals surface area contributed by atoms with Gasteiger partial charge < -0.3 is 9.15 Å². The first kappa shape index (κ1) is 10.3. The molecule has 1 atom stereocenters. The summed E-state index contributed by atoms with van der Waals surface area (Å²) in [5.74, 6) is 0.954. The zero-order valence-electron chi connectivity index (χ0n) is 8.45. The molecule has 0 saturated heterocycles. The zero-order valence-corrected chi connectivity index (χ0v) is 8.45. The second-order valence-electron chi connectivity index (χ2n) is 3.10. The lowest BCUT2D eigenvalue weighted by Crippen LogP contribution is -2.02. The van der Waals surface area contributed by atoms with E-state index in [1.54, 1.807) is 6.26 Å². The molecule has 1 unspecified atom stereocenters. The second kappa shape index (κ2) is 5.81. The van der Waals surface area contributed by atoms with E-state index in [9.17, 15) is 0 Å². The van der Waals surface area contributed by atoms with Gasteiger partial charge in [-0.1, -0.05) is 19.8 Å². The molecule has 0 aromatic carbocycles. The smallest absolute Gasteiger partial charge is 0.132 e. The molecule has 2 heteroatoms. The van der Waals surface area contributed by atoms with Crippen LogP contribution in [0.3, 0.4) is 0 Å².